The fraction of sp³-hybridized carbons (Fsp3) is 0.409. The number of hydrogen-bond acceptors (Lipinski definition) is 5. The first-order valence-electron chi connectivity index (χ1n) is 9.87. The third-order valence-corrected chi connectivity index (χ3v) is 7.25. The fourth-order valence-corrected chi connectivity index (χ4v) is 4.57. The highest BCUT2D eigenvalue weighted by Gasteiger charge is 2.16. The summed E-state index contributed by atoms with van der Waals surface area (Å²) in [7, 11) is 2.12. The van der Waals surface area contributed by atoms with Crippen molar-refractivity contribution >= 4 is 41.6 Å². The molecule has 30 heavy (non-hydrogen) atoms. The van der Waals surface area contributed by atoms with Crippen molar-refractivity contribution in [1.29, 1.82) is 0 Å². The lowest BCUT2D eigenvalue weighted by molar-refractivity contribution is 0.0496. The van der Waals surface area contributed by atoms with E-state index in [0.717, 1.165) is 38.4 Å². The molecular formula is C22H29IN2O4Si. The summed E-state index contributed by atoms with van der Waals surface area (Å²) < 4.78 is 25.3. The number of rotatable bonds is 10. The zero-order chi connectivity index (χ0) is 21.7. The van der Waals surface area contributed by atoms with Gasteiger partial charge in [0, 0.05) is 32.7 Å². The largest absolute Gasteiger partial charge is 0.493 e. The third-order valence-electron chi connectivity index (χ3n) is 4.75. The van der Waals surface area contributed by atoms with Crippen LogP contribution in [0.25, 0.3) is 22.0 Å². The summed E-state index contributed by atoms with van der Waals surface area (Å²) in [4.78, 5) is 0. The van der Waals surface area contributed by atoms with E-state index in [9.17, 15) is 0 Å². The molecule has 0 N–H and O–H groups in total. The topological polar surface area (TPSA) is 54.7 Å². The number of methoxy groups -OCH3 is 2. The van der Waals surface area contributed by atoms with Gasteiger partial charge in [-0.1, -0.05) is 37.8 Å². The normalized spacial score (nSPS) is 11.8. The van der Waals surface area contributed by atoms with E-state index in [1.54, 1.807) is 14.2 Å². The molecule has 2 aromatic carbocycles. The highest BCUT2D eigenvalue weighted by Crippen LogP contribution is 2.39. The number of hydrogen-bond donors (Lipinski definition) is 0. The molecule has 162 valence electrons. The molecule has 3 aromatic rings. The molecule has 6 nitrogen and oxygen atoms in total. The first kappa shape index (κ1) is 23.0. The molecule has 0 bridgehead atoms. The molecule has 0 amide bonds. The van der Waals surface area contributed by atoms with E-state index in [0.29, 0.717) is 18.2 Å². The average molecular weight is 540 g/mol. The predicted molar refractivity (Wildman–Crippen MR) is 131 cm³/mol. The Bertz CT molecular complexity index is 1000. The second kappa shape index (κ2) is 10.1. The minimum absolute atomic E-state index is 0.149. The monoisotopic (exact) mass is 540 g/mol. The van der Waals surface area contributed by atoms with Gasteiger partial charge in [0.15, 0.2) is 18.3 Å². The van der Waals surface area contributed by atoms with Crippen molar-refractivity contribution in [3.05, 3.63) is 40.1 Å². The van der Waals surface area contributed by atoms with Gasteiger partial charge in [0.25, 0.3) is 0 Å². The zero-order valence-corrected chi connectivity index (χ0v) is 21.4. The van der Waals surface area contributed by atoms with Crippen LogP contribution >= 0.6 is 22.6 Å². The van der Waals surface area contributed by atoms with E-state index in [1.165, 1.54) is 0 Å². The van der Waals surface area contributed by atoms with E-state index < -0.39 is 8.07 Å². The number of halogens is 1. The lowest BCUT2D eigenvalue weighted by Crippen LogP contribution is -2.22. The summed E-state index contributed by atoms with van der Waals surface area (Å²) in [6, 6.07) is 13.3. The van der Waals surface area contributed by atoms with Crippen LogP contribution in [0.4, 0.5) is 0 Å². The smallest absolute Gasteiger partial charge is 0.188 e. The summed E-state index contributed by atoms with van der Waals surface area (Å²) in [5, 5.41) is 5.78. The zero-order valence-electron chi connectivity index (χ0n) is 18.2. The molecule has 8 heteroatoms. The Morgan fingerprint density at radius 1 is 1.10 bits per heavy atom. The van der Waals surface area contributed by atoms with Crippen LogP contribution in [0.1, 0.15) is 0 Å². The molecule has 0 aliphatic carbocycles. The molecule has 3 rings (SSSR count). The van der Waals surface area contributed by atoms with Crippen LogP contribution in [-0.2, 0) is 16.2 Å². The lowest BCUT2D eigenvalue weighted by Gasteiger charge is -2.16. The predicted octanol–water partition coefficient (Wildman–Crippen LogP) is 5.61. The summed E-state index contributed by atoms with van der Waals surface area (Å²) in [5.41, 5.74) is 2.99. The maximum absolute atomic E-state index is 5.95. The molecule has 0 aliphatic heterocycles. The summed E-state index contributed by atoms with van der Waals surface area (Å²) in [5.74, 6) is 1.33. The Hall–Kier alpha value is -1.62. The highest BCUT2D eigenvalue weighted by atomic mass is 127. The van der Waals surface area contributed by atoms with Crippen molar-refractivity contribution in [1.82, 2.24) is 9.78 Å². The fourth-order valence-electron chi connectivity index (χ4n) is 3.10. The number of benzene rings is 2. The van der Waals surface area contributed by atoms with E-state index in [4.69, 9.17) is 18.9 Å². The van der Waals surface area contributed by atoms with Gasteiger partial charge in [0.2, 0.25) is 0 Å². The molecule has 1 heterocycles. The standard InChI is InChI=1S/C22H29IN2O4Si/c1-26-15-29-21-17(7-6-8-20(21)27-2)16-9-10-18-19(13-16)25(24-22(18)23)14-28-11-12-30(3,4)5/h6-10,13H,11-12,14-15H2,1-5H3. The molecule has 0 aliphatic rings. The minimum atomic E-state index is -1.12. The minimum Gasteiger partial charge on any atom is -0.493 e. The first-order valence-corrected chi connectivity index (χ1v) is 14.7. The second-order valence-corrected chi connectivity index (χ2v) is 14.9. The van der Waals surface area contributed by atoms with Crippen LogP contribution in [0.5, 0.6) is 11.5 Å². The lowest BCUT2D eigenvalue weighted by atomic mass is 10.0. The molecule has 0 unspecified atom stereocenters. The van der Waals surface area contributed by atoms with Gasteiger partial charge in [0.05, 0.1) is 12.6 Å². The van der Waals surface area contributed by atoms with Gasteiger partial charge in [-0.05, 0) is 52.4 Å². The van der Waals surface area contributed by atoms with Crippen molar-refractivity contribution < 1.29 is 18.9 Å². The van der Waals surface area contributed by atoms with Gasteiger partial charge in [0.1, 0.15) is 10.4 Å². The van der Waals surface area contributed by atoms with Gasteiger partial charge in [-0.15, -0.1) is 0 Å². The van der Waals surface area contributed by atoms with Crippen LogP contribution in [-0.4, -0.2) is 45.5 Å². The van der Waals surface area contributed by atoms with Gasteiger partial charge in [-0.25, -0.2) is 4.68 Å². The van der Waals surface area contributed by atoms with Crippen molar-refractivity contribution in [2.24, 2.45) is 0 Å². The van der Waals surface area contributed by atoms with E-state index in [2.05, 4.69) is 65.5 Å². The quantitative estimate of drug-likeness (QED) is 0.145. The molecule has 1 aromatic heterocycles. The second-order valence-electron chi connectivity index (χ2n) is 8.26. The van der Waals surface area contributed by atoms with Crippen LogP contribution in [0.2, 0.25) is 25.7 Å². The van der Waals surface area contributed by atoms with Crippen molar-refractivity contribution in [3.8, 4) is 22.6 Å². The SMILES string of the molecule is COCOc1c(OC)cccc1-c1ccc2c(I)nn(COCC[Si](C)(C)C)c2c1. The van der Waals surface area contributed by atoms with Crippen LogP contribution < -0.4 is 9.47 Å². The van der Waals surface area contributed by atoms with Gasteiger partial charge in [-0.2, -0.15) is 5.10 Å². The Labute approximate surface area is 192 Å². The van der Waals surface area contributed by atoms with Crippen LogP contribution in [0.15, 0.2) is 36.4 Å². The Morgan fingerprint density at radius 3 is 2.60 bits per heavy atom. The summed E-state index contributed by atoms with van der Waals surface area (Å²) >= 11 is 2.27. The van der Waals surface area contributed by atoms with Crippen molar-refractivity contribution in [2.75, 3.05) is 27.6 Å². The molecule has 0 saturated carbocycles. The Balaban J connectivity index is 1.93. The maximum atomic E-state index is 5.95. The molecule has 0 spiro atoms. The van der Waals surface area contributed by atoms with Gasteiger partial charge >= 0.3 is 0 Å². The molecule has 0 fully saturated rings. The Kier molecular flexibility index (Phi) is 7.78. The van der Waals surface area contributed by atoms with Crippen molar-refractivity contribution in [3.63, 3.8) is 0 Å². The van der Waals surface area contributed by atoms with Crippen LogP contribution in [0, 0.1) is 3.70 Å². The van der Waals surface area contributed by atoms with E-state index in [1.807, 2.05) is 22.9 Å². The number of aromatic nitrogens is 2. The van der Waals surface area contributed by atoms with E-state index >= 15 is 0 Å². The van der Waals surface area contributed by atoms with Crippen LogP contribution in [0.3, 0.4) is 0 Å². The number of nitrogens with zero attached hydrogens (tertiary/aromatic N) is 2. The molecule has 0 radical (unpaired) electrons. The van der Waals surface area contributed by atoms with Gasteiger partial charge < -0.3 is 18.9 Å². The summed E-state index contributed by atoms with van der Waals surface area (Å²) in [6.07, 6.45) is 0. The van der Waals surface area contributed by atoms with E-state index in [-0.39, 0.29) is 6.79 Å². The number of fused-ring (bicyclic) bond motifs is 1. The summed E-state index contributed by atoms with van der Waals surface area (Å²) in [6.45, 7) is 8.41. The number of ether oxygens (including phenoxy) is 4. The highest BCUT2D eigenvalue weighted by molar-refractivity contribution is 14.1. The first-order chi connectivity index (χ1) is 14.3. The molecular weight excluding hydrogens is 511 g/mol. The van der Waals surface area contributed by atoms with Crippen molar-refractivity contribution in [2.45, 2.75) is 32.4 Å². The average Bonchev–Trinajstić information content (AvgIpc) is 3.03. The third kappa shape index (κ3) is 5.54. The molecule has 0 saturated heterocycles. The Morgan fingerprint density at radius 2 is 1.90 bits per heavy atom. The number of para-hydroxylation sites is 1. The van der Waals surface area contributed by atoms with Gasteiger partial charge in [-0.3, -0.25) is 0 Å². The molecule has 0 atom stereocenters. The maximum Gasteiger partial charge on any atom is 0.188 e.